The van der Waals surface area contributed by atoms with Crippen molar-refractivity contribution in [3.8, 4) is 5.69 Å². The molecule has 0 aliphatic rings. The highest BCUT2D eigenvalue weighted by Gasteiger charge is 2.18. The van der Waals surface area contributed by atoms with Crippen molar-refractivity contribution in [1.82, 2.24) is 9.63 Å². The lowest BCUT2D eigenvalue weighted by molar-refractivity contribution is -0.194. The van der Waals surface area contributed by atoms with Crippen LogP contribution in [0.3, 0.4) is 0 Å². The Morgan fingerprint density at radius 3 is 2.00 bits per heavy atom. The Kier molecular flexibility index (Phi) is 9.34. The minimum absolute atomic E-state index is 0.199. The number of carbonyl (C=O) groups excluding carboxylic acids is 3. The average Bonchev–Trinajstić information content (AvgIpc) is 3.61. The Labute approximate surface area is 271 Å². The van der Waals surface area contributed by atoms with Gasteiger partial charge in [0.2, 0.25) is 0 Å². The summed E-state index contributed by atoms with van der Waals surface area (Å²) in [5.74, 6) is -1.38. The maximum atomic E-state index is 12.0. The number of carbonyl (C=O) groups is 3. The maximum Gasteiger partial charge on any atom is 0.331 e. The summed E-state index contributed by atoms with van der Waals surface area (Å²) in [5, 5.41) is 9.14. The van der Waals surface area contributed by atoms with Crippen LogP contribution < -0.4 is 0 Å². The van der Waals surface area contributed by atoms with Crippen molar-refractivity contribution >= 4 is 67.8 Å². The summed E-state index contributed by atoms with van der Waals surface area (Å²) in [5.41, 5.74) is 9.33. The lowest BCUT2D eigenvalue weighted by atomic mass is 9.99. The lowest BCUT2D eigenvalue weighted by Crippen LogP contribution is -2.31. The fourth-order valence-electron chi connectivity index (χ4n) is 5.36. The number of hydroxylamine groups is 2. The van der Waals surface area contributed by atoms with Crippen molar-refractivity contribution in [3.05, 3.63) is 112 Å². The van der Waals surface area contributed by atoms with Crippen molar-refractivity contribution in [2.24, 2.45) is 5.16 Å². The zero-order valence-electron chi connectivity index (χ0n) is 26.5. The third-order valence-electron chi connectivity index (χ3n) is 7.72. The van der Waals surface area contributed by atoms with Crippen molar-refractivity contribution in [3.63, 3.8) is 0 Å². The van der Waals surface area contributed by atoms with Gasteiger partial charge in [0.15, 0.2) is 0 Å². The first-order valence-electron chi connectivity index (χ1n) is 14.7. The molecular formula is C37H35N3O5S. The second kappa shape index (κ2) is 13.4. The molecular weight excluding hydrogens is 598 g/mol. The molecule has 3 aromatic carbocycles. The number of oxime groups is 1. The number of aryl methyl sites for hydroxylation is 1. The van der Waals surface area contributed by atoms with Crippen molar-refractivity contribution in [2.45, 2.75) is 41.0 Å². The molecule has 1 amide bonds. The Bertz CT molecular complexity index is 2050. The summed E-state index contributed by atoms with van der Waals surface area (Å²) >= 11 is 1.68. The molecule has 0 saturated carbocycles. The van der Waals surface area contributed by atoms with E-state index < -0.39 is 11.9 Å². The molecule has 0 spiro atoms. The smallest absolute Gasteiger partial charge is 0.331 e. The van der Waals surface area contributed by atoms with Gasteiger partial charge in [0.05, 0.1) is 23.3 Å². The summed E-state index contributed by atoms with van der Waals surface area (Å²) < 4.78 is 2.21. The number of thiophene rings is 1. The van der Waals surface area contributed by atoms with Crippen LogP contribution >= 0.6 is 11.3 Å². The molecule has 0 aliphatic heterocycles. The third-order valence-corrected chi connectivity index (χ3v) is 8.80. The van der Waals surface area contributed by atoms with E-state index in [1.807, 2.05) is 30.3 Å². The first-order chi connectivity index (χ1) is 21.9. The largest absolute Gasteiger partial charge is 0.338 e. The fourth-order valence-corrected chi connectivity index (χ4v) is 6.28. The first-order valence-corrected chi connectivity index (χ1v) is 15.6. The van der Waals surface area contributed by atoms with Gasteiger partial charge in [0, 0.05) is 42.1 Å². The summed E-state index contributed by atoms with van der Waals surface area (Å²) in [6.45, 7) is 16.7. The standard InChI is InChI=1S/C37H35N3O5S/c1-22(16-18-39(26(5)41)45-28(7)43)30-10-14-35-33(20-30)34-21-31(24(3)37-23(2)17-19-46-37)11-15-36(34)40(35)32-12-8-29(9-13-32)25(4)38-44-27(6)42/h8-15,17,19-21H,1,3,16,18H2,2,4-7H3/b38-25-. The topological polar surface area (TPSA) is 90.2 Å². The van der Waals surface area contributed by atoms with Gasteiger partial charge in [-0.25, -0.2) is 4.79 Å². The molecule has 5 rings (SSSR count). The van der Waals surface area contributed by atoms with Gasteiger partial charge in [-0.1, -0.05) is 42.6 Å². The van der Waals surface area contributed by atoms with Crippen LogP contribution in [-0.4, -0.2) is 39.7 Å². The van der Waals surface area contributed by atoms with Crippen LogP contribution in [-0.2, 0) is 24.1 Å². The molecule has 0 aliphatic carbocycles. The number of hydrogen-bond donors (Lipinski definition) is 0. The van der Waals surface area contributed by atoms with Gasteiger partial charge in [-0.15, -0.1) is 11.3 Å². The number of hydrogen-bond acceptors (Lipinski definition) is 7. The van der Waals surface area contributed by atoms with E-state index in [1.165, 1.54) is 26.3 Å². The molecule has 2 heterocycles. The molecule has 5 aromatic rings. The van der Waals surface area contributed by atoms with Crippen molar-refractivity contribution in [1.29, 1.82) is 0 Å². The number of aromatic nitrogens is 1. The summed E-state index contributed by atoms with van der Waals surface area (Å²) in [6, 6.07) is 22.7. The van der Waals surface area contributed by atoms with E-state index in [9.17, 15) is 14.4 Å². The van der Waals surface area contributed by atoms with Crippen LogP contribution in [0.1, 0.15) is 61.2 Å². The highest BCUT2D eigenvalue weighted by atomic mass is 32.1. The average molecular weight is 634 g/mol. The van der Waals surface area contributed by atoms with Crippen LogP contribution in [0.15, 0.2) is 90.4 Å². The summed E-state index contributed by atoms with van der Waals surface area (Å²) in [4.78, 5) is 45.7. The number of fused-ring (bicyclic) bond motifs is 3. The molecule has 8 nitrogen and oxygen atoms in total. The molecule has 46 heavy (non-hydrogen) atoms. The van der Waals surface area contributed by atoms with Crippen LogP contribution in [0.5, 0.6) is 0 Å². The highest BCUT2D eigenvalue weighted by molar-refractivity contribution is 7.11. The maximum absolute atomic E-state index is 12.0. The predicted octanol–water partition coefficient (Wildman–Crippen LogP) is 8.23. The van der Waals surface area contributed by atoms with Crippen LogP contribution in [0, 0.1) is 6.92 Å². The number of amides is 1. The van der Waals surface area contributed by atoms with Crippen LogP contribution in [0.4, 0.5) is 0 Å². The number of nitrogens with zero attached hydrogens (tertiary/aromatic N) is 3. The van der Waals surface area contributed by atoms with Gasteiger partial charge >= 0.3 is 11.9 Å². The fraction of sp³-hybridized carbons (Fsp3) is 0.189. The quantitative estimate of drug-likeness (QED) is 0.0927. The lowest BCUT2D eigenvalue weighted by Gasteiger charge is -2.19. The van der Waals surface area contributed by atoms with E-state index in [2.05, 4.69) is 71.6 Å². The molecule has 0 radical (unpaired) electrons. The third kappa shape index (κ3) is 6.69. The Morgan fingerprint density at radius 1 is 0.826 bits per heavy atom. The van der Waals surface area contributed by atoms with Crippen molar-refractivity contribution < 1.29 is 24.1 Å². The second-order valence-corrected chi connectivity index (χ2v) is 12.0. The summed E-state index contributed by atoms with van der Waals surface area (Å²) in [6.07, 6.45) is 0.423. The first kappa shape index (κ1) is 32.1. The zero-order chi connectivity index (χ0) is 33.1. The number of benzene rings is 3. The van der Waals surface area contributed by atoms with Gasteiger partial charge in [-0.3, -0.25) is 9.59 Å². The Balaban J connectivity index is 1.59. The molecule has 2 aromatic heterocycles. The van der Waals surface area contributed by atoms with E-state index >= 15 is 0 Å². The SMILES string of the molecule is C=C(CCN(OC(C)=O)C(C)=O)c1ccc2c(c1)c1cc(C(=C)c3sccc3C)ccc1n2-c1ccc(/C(C)=N\OC(C)=O)cc1. The highest BCUT2D eigenvalue weighted by Crippen LogP contribution is 2.37. The van der Waals surface area contributed by atoms with Crippen LogP contribution in [0.25, 0.3) is 38.6 Å². The monoisotopic (exact) mass is 633 g/mol. The Hall–Kier alpha value is -5.28. The minimum Gasteiger partial charge on any atom is -0.338 e. The predicted molar refractivity (Wildman–Crippen MR) is 185 cm³/mol. The molecule has 9 heteroatoms. The molecule has 0 atom stereocenters. The van der Waals surface area contributed by atoms with E-state index in [4.69, 9.17) is 9.68 Å². The second-order valence-electron chi connectivity index (χ2n) is 11.1. The molecule has 0 fully saturated rings. The molecule has 0 saturated heterocycles. The minimum atomic E-state index is -0.551. The molecule has 234 valence electrons. The Morgan fingerprint density at radius 2 is 1.43 bits per heavy atom. The van der Waals surface area contributed by atoms with E-state index in [0.717, 1.165) is 65.3 Å². The van der Waals surface area contributed by atoms with Crippen molar-refractivity contribution in [2.75, 3.05) is 6.54 Å². The van der Waals surface area contributed by atoms with E-state index in [0.29, 0.717) is 12.1 Å². The molecule has 0 N–H and O–H groups in total. The molecule has 0 bridgehead atoms. The van der Waals surface area contributed by atoms with Crippen LogP contribution in [0.2, 0.25) is 0 Å². The summed E-state index contributed by atoms with van der Waals surface area (Å²) in [7, 11) is 0. The van der Waals surface area contributed by atoms with Gasteiger partial charge in [-0.2, -0.15) is 5.06 Å². The van der Waals surface area contributed by atoms with Gasteiger partial charge in [0.1, 0.15) is 0 Å². The normalized spacial score (nSPS) is 11.5. The molecule has 0 unspecified atom stereocenters. The zero-order valence-corrected chi connectivity index (χ0v) is 27.4. The van der Waals surface area contributed by atoms with Gasteiger partial charge in [0.25, 0.3) is 5.91 Å². The van der Waals surface area contributed by atoms with Gasteiger partial charge < -0.3 is 14.2 Å². The van der Waals surface area contributed by atoms with E-state index in [-0.39, 0.29) is 12.5 Å². The van der Waals surface area contributed by atoms with E-state index in [1.54, 1.807) is 18.3 Å². The van der Waals surface area contributed by atoms with Gasteiger partial charge in [-0.05, 0) is 102 Å². The number of rotatable bonds is 9.